The van der Waals surface area contributed by atoms with Crippen LogP contribution in [0.1, 0.15) is 52.7 Å². The standard InChI is InChI=1S/C31H27F2N3O4/c1-4-40-30(39)24-16-36(29(38)19-7-11-21(33)12-8-19)17-31(2,3)26-23-15-22(13-14-25(23)35-27(24)26)34-28(37)18-5-9-20(32)10-6-18/h5-16,35H,4,17H2,1-3H3,(H,34,37). The molecular formula is C31H27F2N3O4. The van der Waals surface area contributed by atoms with E-state index in [2.05, 4.69) is 10.3 Å². The lowest BCUT2D eigenvalue weighted by Crippen LogP contribution is -2.37. The molecule has 1 aromatic heterocycles. The number of hydrogen-bond acceptors (Lipinski definition) is 4. The van der Waals surface area contributed by atoms with Gasteiger partial charge >= 0.3 is 5.97 Å². The predicted molar refractivity (Wildman–Crippen MR) is 148 cm³/mol. The summed E-state index contributed by atoms with van der Waals surface area (Å²) >= 11 is 0. The molecule has 0 atom stereocenters. The molecule has 0 saturated carbocycles. The first-order chi connectivity index (χ1) is 19.1. The molecule has 0 aliphatic carbocycles. The fourth-order valence-electron chi connectivity index (χ4n) is 5.00. The van der Waals surface area contributed by atoms with Crippen LogP contribution in [0.3, 0.4) is 0 Å². The normalized spacial score (nSPS) is 14.2. The largest absolute Gasteiger partial charge is 0.462 e. The second-order valence-electron chi connectivity index (χ2n) is 10.2. The number of halogens is 2. The van der Waals surface area contributed by atoms with Crippen molar-refractivity contribution >= 4 is 39.9 Å². The highest BCUT2D eigenvalue weighted by Crippen LogP contribution is 2.41. The summed E-state index contributed by atoms with van der Waals surface area (Å²) in [7, 11) is 0. The van der Waals surface area contributed by atoms with E-state index in [-0.39, 0.29) is 24.3 Å². The van der Waals surface area contributed by atoms with Crippen molar-refractivity contribution in [1.29, 1.82) is 0 Å². The van der Waals surface area contributed by atoms with Crippen LogP contribution >= 0.6 is 0 Å². The molecule has 2 amide bonds. The van der Waals surface area contributed by atoms with Gasteiger partial charge < -0.3 is 19.9 Å². The van der Waals surface area contributed by atoms with Crippen molar-refractivity contribution in [2.45, 2.75) is 26.2 Å². The predicted octanol–water partition coefficient (Wildman–Crippen LogP) is 6.04. The third-order valence-electron chi connectivity index (χ3n) is 6.81. The molecule has 2 heterocycles. The SMILES string of the molecule is CCOC(=O)C1=CN(C(=O)c2ccc(F)cc2)CC(C)(C)c2c1[nH]c1ccc(NC(=O)c3ccc(F)cc3)cc21. The second-order valence-corrected chi connectivity index (χ2v) is 10.2. The van der Waals surface area contributed by atoms with Gasteiger partial charge in [-0.25, -0.2) is 13.6 Å². The van der Waals surface area contributed by atoms with Crippen molar-refractivity contribution in [2.75, 3.05) is 18.5 Å². The van der Waals surface area contributed by atoms with Crippen LogP contribution in [-0.2, 0) is 14.9 Å². The highest BCUT2D eigenvalue weighted by molar-refractivity contribution is 6.18. The molecule has 0 saturated heterocycles. The Balaban J connectivity index is 1.58. The van der Waals surface area contributed by atoms with Crippen molar-refractivity contribution in [1.82, 2.24) is 9.88 Å². The Bertz CT molecular complexity index is 1650. The molecule has 40 heavy (non-hydrogen) atoms. The van der Waals surface area contributed by atoms with E-state index < -0.39 is 34.8 Å². The van der Waals surface area contributed by atoms with E-state index in [0.717, 1.165) is 16.5 Å². The van der Waals surface area contributed by atoms with Gasteiger partial charge in [0.2, 0.25) is 0 Å². The molecular weight excluding hydrogens is 516 g/mol. The molecule has 1 aliphatic heterocycles. The number of carbonyl (C=O) groups is 3. The fraction of sp³-hybridized carbons (Fsp3) is 0.194. The van der Waals surface area contributed by atoms with Crippen LogP contribution in [-0.4, -0.2) is 40.8 Å². The Hall–Kier alpha value is -4.79. The number of aromatic amines is 1. The van der Waals surface area contributed by atoms with Gasteiger partial charge in [-0.15, -0.1) is 0 Å². The third-order valence-corrected chi connectivity index (χ3v) is 6.81. The van der Waals surface area contributed by atoms with Gasteiger partial charge in [-0.1, -0.05) is 13.8 Å². The van der Waals surface area contributed by atoms with Crippen LogP contribution in [0.4, 0.5) is 14.5 Å². The van der Waals surface area contributed by atoms with E-state index in [1.807, 2.05) is 13.8 Å². The van der Waals surface area contributed by atoms with Crippen molar-refractivity contribution in [3.8, 4) is 0 Å². The lowest BCUT2D eigenvalue weighted by Gasteiger charge is -2.29. The smallest absolute Gasteiger partial charge is 0.341 e. The van der Waals surface area contributed by atoms with Gasteiger partial charge in [0.1, 0.15) is 11.6 Å². The number of amides is 2. The number of aromatic nitrogens is 1. The van der Waals surface area contributed by atoms with Gasteiger partial charge in [0, 0.05) is 45.9 Å². The van der Waals surface area contributed by atoms with Crippen LogP contribution in [0.15, 0.2) is 72.9 Å². The number of anilines is 1. The van der Waals surface area contributed by atoms with Crippen LogP contribution < -0.4 is 5.32 Å². The summed E-state index contributed by atoms with van der Waals surface area (Å²) in [6.45, 7) is 5.95. The molecule has 0 bridgehead atoms. The van der Waals surface area contributed by atoms with Crippen molar-refractivity contribution < 1.29 is 27.9 Å². The molecule has 0 fully saturated rings. The Morgan fingerprint density at radius 2 is 1.57 bits per heavy atom. The van der Waals surface area contributed by atoms with Crippen molar-refractivity contribution in [3.05, 3.63) is 107 Å². The molecule has 5 rings (SSSR count). The maximum absolute atomic E-state index is 13.5. The summed E-state index contributed by atoms with van der Waals surface area (Å²) in [5.41, 5.74) is 2.59. The van der Waals surface area contributed by atoms with E-state index in [0.29, 0.717) is 16.9 Å². The van der Waals surface area contributed by atoms with Gasteiger partial charge in [0.15, 0.2) is 0 Å². The van der Waals surface area contributed by atoms with Gasteiger partial charge in [-0.2, -0.15) is 0 Å². The Morgan fingerprint density at radius 3 is 2.20 bits per heavy atom. The Kier molecular flexibility index (Phi) is 6.97. The molecule has 204 valence electrons. The van der Waals surface area contributed by atoms with Crippen LogP contribution in [0.25, 0.3) is 16.5 Å². The number of H-pyrrole nitrogens is 1. The Labute approximate surface area is 229 Å². The van der Waals surface area contributed by atoms with Crippen molar-refractivity contribution in [3.63, 3.8) is 0 Å². The second kappa shape index (κ2) is 10.4. The first kappa shape index (κ1) is 26.8. The lowest BCUT2D eigenvalue weighted by atomic mass is 9.81. The number of nitrogens with zero attached hydrogens (tertiary/aromatic N) is 1. The van der Waals surface area contributed by atoms with E-state index in [4.69, 9.17) is 4.74 Å². The molecule has 2 N–H and O–H groups in total. The van der Waals surface area contributed by atoms with Crippen LogP contribution in [0.5, 0.6) is 0 Å². The number of benzene rings is 3. The molecule has 7 nitrogen and oxygen atoms in total. The van der Waals surface area contributed by atoms with E-state index in [9.17, 15) is 23.2 Å². The number of fused-ring (bicyclic) bond motifs is 3. The van der Waals surface area contributed by atoms with Gasteiger partial charge in [0.05, 0.1) is 17.9 Å². The zero-order valence-electron chi connectivity index (χ0n) is 22.2. The van der Waals surface area contributed by atoms with Crippen LogP contribution in [0.2, 0.25) is 0 Å². The van der Waals surface area contributed by atoms with Crippen molar-refractivity contribution in [2.24, 2.45) is 0 Å². The van der Waals surface area contributed by atoms with E-state index >= 15 is 0 Å². The minimum Gasteiger partial charge on any atom is -0.462 e. The maximum Gasteiger partial charge on any atom is 0.341 e. The first-order valence-corrected chi connectivity index (χ1v) is 12.8. The number of hydrogen-bond donors (Lipinski definition) is 2. The monoisotopic (exact) mass is 543 g/mol. The highest BCUT2D eigenvalue weighted by Gasteiger charge is 2.37. The summed E-state index contributed by atoms with van der Waals surface area (Å²) in [6.07, 6.45) is 1.48. The Morgan fingerprint density at radius 1 is 0.950 bits per heavy atom. The quantitative estimate of drug-likeness (QED) is 0.301. The average molecular weight is 544 g/mol. The lowest BCUT2D eigenvalue weighted by molar-refractivity contribution is -0.136. The van der Waals surface area contributed by atoms with E-state index in [1.54, 1.807) is 25.1 Å². The summed E-state index contributed by atoms with van der Waals surface area (Å²) in [6, 6.07) is 15.8. The van der Waals surface area contributed by atoms with Gasteiger partial charge in [-0.05, 0) is 79.2 Å². The summed E-state index contributed by atoms with van der Waals surface area (Å²) < 4.78 is 32.1. The van der Waals surface area contributed by atoms with E-state index in [1.165, 1.54) is 59.6 Å². The molecule has 3 aromatic carbocycles. The number of ether oxygens (including phenoxy) is 1. The molecule has 0 radical (unpaired) electrons. The summed E-state index contributed by atoms with van der Waals surface area (Å²) in [5, 5.41) is 3.59. The minimum atomic E-state index is -0.673. The highest BCUT2D eigenvalue weighted by atomic mass is 19.1. The fourth-order valence-corrected chi connectivity index (χ4v) is 5.00. The average Bonchev–Trinajstić information content (AvgIpc) is 3.25. The van der Waals surface area contributed by atoms with Crippen LogP contribution in [0, 0.1) is 11.6 Å². The molecule has 9 heteroatoms. The zero-order chi connectivity index (χ0) is 28.6. The molecule has 4 aromatic rings. The first-order valence-electron chi connectivity index (χ1n) is 12.8. The maximum atomic E-state index is 13.5. The summed E-state index contributed by atoms with van der Waals surface area (Å²) in [5.74, 6) is -2.29. The van der Waals surface area contributed by atoms with Gasteiger partial charge in [-0.3, -0.25) is 9.59 Å². The third kappa shape index (κ3) is 5.10. The molecule has 0 spiro atoms. The van der Waals surface area contributed by atoms with Gasteiger partial charge in [0.25, 0.3) is 11.8 Å². The molecule has 1 aliphatic rings. The zero-order valence-corrected chi connectivity index (χ0v) is 22.2. The summed E-state index contributed by atoms with van der Waals surface area (Å²) in [4.78, 5) is 44.2. The minimum absolute atomic E-state index is 0.139. The number of rotatable bonds is 5. The molecule has 0 unspecified atom stereocenters. The topological polar surface area (TPSA) is 91.5 Å². The number of esters is 1. The number of nitrogens with one attached hydrogen (secondary N) is 2. The number of carbonyl (C=O) groups excluding carboxylic acids is 3.